The van der Waals surface area contributed by atoms with E-state index in [1.807, 2.05) is 39.0 Å². The quantitative estimate of drug-likeness (QED) is 0.409. The summed E-state index contributed by atoms with van der Waals surface area (Å²) in [6, 6.07) is 7.00. The van der Waals surface area contributed by atoms with Crippen molar-refractivity contribution in [2.45, 2.75) is 72.4 Å². The lowest BCUT2D eigenvalue weighted by atomic mass is 9.78. The molecule has 0 bridgehead atoms. The molecule has 166 valence electrons. The molecule has 0 aliphatic heterocycles. The zero-order chi connectivity index (χ0) is 22.3. The summed E-state index contributed by atoms with van der Waals surface area (Å²) in [6.45, 7) is 10.4. The van der Waals surface area contributed by atoms with Crippen LogP contribution < -0.4 is 21.5 Å². The Morgan fingerprint density at radius 1 is 1.13 bits per heavy atom. The van der Waals surface area contributed by atoms with Crippen LogP contribution in [0.3, 0.4) is 0 Å². The lowest BCUT2D eigenvalue weighted by Gasteiger charge is -2.35. The number of hydrogen-bond acceptors (Lipinski definition) is 3. The Morgan fingerprint density at radius 3 is 2.50 bits per heavy atom. The van der Waals surface area contributed by atoms with Crippen LogP contribution in [-0.4, -0.2) is 29.0 Å². The largest absolute Gasteiger partial charge is 0.358 e. The number of aryl methyl sites for hydroxylation is 1. The first kappa shape index (κ1) is 24.1. The van der Waals surface area contributed by atoms with Gasteiger partial charge in [0.2, 0.25) is 0 Å². The summed E-state index contributed by atoms with van der Waals surface area (Å²) in [4.78, 5) is 25.4. The second-order valence-electron chi connectivity index (χ2n) is 8.93. The molecule has 1 fully saturated rings. The molecule has 1 aromatic carbocycles. The minimum atomic E-state index is -0.652. The number of nitrogens with one attached hydrogen (secondary N) is 4. The molecule has 0 aromatic heterocycles. The molecular formula is C23H36N4O2S. The third-order valence-electron chi connectivity index (χ3n) is 6.04. The molecule has 2 amide bonds. The molecular weight excluding hydrogens is 396 g/mol. The summed E-state index contributed by atoms with van der Waals surface area (Å²) in [7, 11) is 0. The predicted molar refractivity (Wildman–Crippen MR) is 125 cm³/mol. The maximum atomic E-state index is 12.8. The molecule has 6 nitrogen and oxygen atoms in total. The number of carbonyl (C=O) groups excluding carboxylic acids is 2. The van der Waals surface area contributed by atoms with Crippen LogP contribution in [0.5, 0.6) is 0 Å². The zero-order valence-corrected chi connectivity index (χ0v) is 19.6. The van der Waals surface area contributed by atoms with Crippen LogP contribution in [0.4, 0.5) is 0 Å². The van der Waals surface area contributed by atoms with Gasteiger partial charge in [-0.15, -0.1) is 0 Å². The Morgan fingerprint density at radius 2 is 1.83 bits per heavy atom. The van der Waals surface area contributed by atoms with Gasteiger partial charge >= 0.3 is 0 Å². The molecule has 7 heteroatoms. The highest BCUT2D eigenvalue weighted by atomic mass is 32.1. The van der Waals surface area contributed by atoms with Crippen LogP contribution in [0.1, 0.15) is 69.3 Å². The van der Waals surface area contributed by atoms with Gasteiger partial charge < -0.3 is 10.6 Å². The third kappa shape index (κ3) is 6.97. The summed E-state index contributed by atoms with van der Waals surface area (Å²) >= 11 is 5.38. The highest BCUT2D eigenvalue weighted by Gasteiger charge is 2.28. The summed E-state index contributed by atoms with van der Waals surface area (Å²) in [6.07, 6.45) is 4.03. The predicted octanol–water partition coefficient (Wildman–Crippen LogP) is 3.46. The Hall–Kier alpha value is -2.15. The van der Waals surface area contributed by atoms with E-state index in [9.17, 15) is 9.59 Å². The molecule has 0 radical (unpaired) electrons. The maximum absolute atomic E-state index is 12.8. The number of thiocarbonyl (C=S) groups is 1. The van der Waals surface area contributed by atoms with Gasteiger partial charge in [-0.05, 0) is 61.4 Å². The van der Waals surface area contributed by atoms with E-state index >= 15 is 0 Å². The number of carbonyl (C=O) groups is 2. The van der Waals surface area contributed by atoms with Crippen molar-refractivity contribution in [2.24, 2.45) is 17.8 Å². The smallest absolute Gasteiger partial charge is 0.260 e. The Balaban J connectivity index is 1.92. The lowest BCUT2D eigenvalue weighted by Crippen LogP contribution is -2.56. The van der Waals surface area contributed by atoms with Crippen LogP contribution >= 0.6 is 12.2 Å². The van der Waals surface area contributed by atoms with Crippen molar-refractivity contribution in [1.29, 1.82) is 0 Å². The average Bonchev–Trinajstić information content (AvgIpc) is 2.69. The van der Waals surface area contributed by atoms with Crippen LogP contribution in [-0.2, 0) is 4.79 Å². The van der Waals surface area contributed by atoms with E-state index in [1.54, 1.807) is 6.07 Å². The number of amides is 2. The van der Waals surface area contributed by atoms with Crippen molar-refractivity contribution >= 4 is 29.1 Å². The van der Waals surface area contributed by atoms with Crippen molar-refractivity contribution in [3.8, 4) is 0 Å². The fourth-order valence-electron chi connectivity index (χ4n) is 3.96. The van der Waals surface area contributed by atoms with E-state index in [0.717, 1.165) is 12.0 Å². The first-order valence-corrected chi connectivity index (χ1v) is 11.3. The SMILES string of the molecule is Cc1ccccc1C(=O)N[C@@H](CC(C)C)C(=O)NNC(=S)N[C@@H]1CCC[C@H](C)[C@@H]1C. The van der Waals surface area contributed by atoms with Crippen molar-refractivity contribution in [3.05, 3.63) is 35.4 Å². The summed E-state index contributed by atoms with van der Waals surface area (Å²) in [5.41, 5.74) is 6.93. The van der Waals surface area contributed by atoms with Gasteiger partial charge in [-0.25, -0.2) is 0 Å². The second kappa shape index (κ2) is 11.3. The van der Waals surface area contributed by atoms with Gasteiger partial charge in [0.05, 0.1) is 0 Å². The minimum Gasteiger partial charge on any atom is -0.358 e. The van der Waals surface area contributed by atoms with Gasteiger partial charge in [-0.2, -0.15) is 0 Å². The summed E-state index contributed by atoms with van der Waals surface area (Å²) in [5, 5.41) is 6.60. The average molecular weight is 433 g/mol. The molecule has 30 heavy (non-hydrogen) atoms. The van der Waals surface area contributed by atoms with E-state index in [-0.39, 0.29) is 17.7 Å². The fraction of sp³-hybridized carbons (Fsp3) is 0.609. The van der Waals surface area contributed by atoms with Crippen molar-refractivity contribution in [3.63, 3.8) is 0 Å². The first-order valence-electron chi connectivity index (χ1n) is 10.9. The van der Waals surface area contributed by atoms with E-state index < -0.39 is 6.04 Å². The first-order chi connectivity index (χ1) is 14.2. The van der Waals surface area contributed by atoms with Crippen LogP contribution in [0.15, 0.2) is 24.3 Å². The standard InChI is InChI=1S/C23H36N4O2S/c1-14(2)13-20(24-21(28)18-11-7-6-9-16(18)4)22(29)26-27-23(30)25-19-12-8-10-15(3)17(19)5/h6-7,9,11,14-15,17,19-20H,8,10,12-13H2,1-5H3,(H,24,28)(H,26,29)(H2,25,27,30)/t15-,17-,19+,20-/m0/s1. The highest BCUT2D eigenvalue weighted by Crippen LogP contribution is 2.29. The van der Waals surface area contributed by atoms with Gasteiger partial charge in [0.15, 0.2) is 5.11 Å². The highest BCUT2D eigenvalue weighted by molar-refractivity contribution is 7.80. The van der Waals surface area contributed by atoms with E-state index in [1.165, 1.54) is 12.8 Å². The van der Waals surface area contributed by atoms with Gasteiger partial charge in [0.1, 0.15) is 6.04 Å². The molecule has 4 atom stereocenters. The normalized spacial score (nSPS) is 22.1. The molecule has 2 rings (SSSR count). The van der Waals surface area contributed by atoms with Crippen molar-refractivity contribution in [2.75, 3.05) is 0 Å². The molecule has 4 N–H and O–H groups in total. The summed E-state index contributed by atoms with van der Waals surface area (Å²) < 4.78 is 0. The Labute approximate surface area is 185 Å². The van der Waals surface area contributed by atoms with E-state index in [0.29, 0.717) is 35.0 Å². The molecule has 0 heterocycles. The van der Waals surface area contributed by atoms with E-state index in [4.69, 9.17) is 12.2 Å². The van der Waals surface area contributed by atoms with Crippen molar-refractivity contribution in [1.82, 2.24) is 21.5 Å². The third-order valence-corrected chi connectivity index (χ3v) is 6.26. The monoisotopic (exact) mass is 432 g/mol. The molecule has 1 aliphatic rings. The van der Waals surface area contributed by atoms with Crippen LogP contribution in [0.25, 0.3) is 0 Å². The molecule has 0 saturated heterocycles. The molecule has 0 spiro atoms. The van der Waals surface area contributed by atoms with Gasteiger partial charge in [-0.3, -0.25) is 20.4 Å². The molecule has 1 saturated carbocycles. The van der Waals surface area contributed by atoms with Gasteiger partial charge in [-0.1, -0.05) is 58.7 Å². The second-order valence-corrected chi connectivity index (χ2v) is 9.34. The summed E-state index contributed by atoms with van der Waals surface area (Å²) in [5.74, 6) is 0.865. The van der Waals surface area contributed by atoms with Gasteiger partial charge in [0, 0.05) is 11.6 Å². The molecule has 1 aliphatic carbocycles. The van der Waals surface area contributed by atoms with Crippen LogP contribution in [0, 0.1) is 24.7 Å². The molecule has 0 unspecified atom stereocenters. The number of rotatable bonds is 6. The minimum absolute atomic E-state index is 0.243. The zero-order valence-electron chi connectivity index (χ0n) is 18.7. The Bertz CT molecular complexity index is 752. The number of hydrazine groups is 1. The Kier molecular flexibility index (Phi) is 9.08. The lowest BCUT2D eigenvalue weighted by molar-refractivity contribution is -0.123. The number of hydrogen-bond donors (Lipinski definition) is 4. The van der Waals surface area contributed by atoms with Gasteiger partial charge in [0.25, 0.3) is 11.8 Å². The fourth-order valence-corrected chi connectivity index (χ4v) is 4.16. The molecule has 1 aromatic rings. The topological polar surface area (TPSA) is 82.3 Å². The maximum Gasteiger partial charge on any atom is 0.260 e. The van der Waals surface area contributed by atoms with Crippen molar-refractivity contribution < 1.29 is 9.59 Å². The number of benzene rings is 1. The van der Waals surface area contributed by atoms with E-state index in [2.05, 4.69) is 35.3 Å². The van der Waals surface area contributed by atoms with Crippen LogP contribution in [0.2, 0.25) is 0 Å².